The second-order valence-corrected chi connectivity index (χ2v) is 7.93. The lowest BCUT2D eigenvalue weighted by atomic mass is 10.1. The Hall–Kier alpha value is -4.66. The van der Waals surface area contributed by atoms with Crippen molar-refractivity contribution in [2.45, 2.75) is 20.5 Å². The van der Waals surface area contributed by atoms with Crippen LogP contribution >= 0.6 is 0 Å². The number of hydrogen-bond acceptors (Lipinski definition) is 7. The van der Waals surface area contributed by atoms with E-state index >= 15 is 0 Å². The molecular formula is C28H25FN2O6. The van der Waals surface area contributed by atoms with Crippen molar-refractivity contribution in [2.24, 2.45) is 0 Å². The van der Waals surface area contributed by atoms with Crippen molar-refractivity contribution in [1.29, 1.82) is 0 Å². The van der Waals surface area contributed by atoms with Gasteiger partial charge in [-0.1, -0.05) is 29.4 Å². The summed E-state index contributed by atoms with van der Waals surface area (Å²) in [5, 5.41) is 4.02. The molecule has 0 aliphatic rings. The Kier molecular flexibility index (Phi) is 7.83. The number of amides is 1. The maximum absolute atomic E-state index is 14.7. The number of rotatable bonds is 8. The number of methoxy groups -OCH3 is 1. The van der Waals surface area contributed by atoms with Crippen LogP contribution in [0.1, 0.15) is 28.5 Å². The summed E-state index contributed by atoms with van der Waals surface area (Å²) in [5.41, 5.74) is 2.63. The van der Waals surface area contributed by atoms with Crippen molar-refractivity contribution in [1.82, 2.24) is 5.16 Å². The molecule has 4 rings (SSSR count). The van der Waals surface area contributed by atoms with Gasteiger partial charge in [0, 0.05) is 5.56 Å². The molecule has 4 aromatic rings. The zero-order valence-electron chi connectivity index (χ0n) is 20.6. The van der Waals surface area contributed by atoms with Crippen molar-refractivity contribution in [3.05, 3.63) is 95.4 Å². The highest BCUT2D eigenvalue weighted by Gasteiger charge is 2.30. The third kappa shape index (κ3) is 5.61. The summed E-state index contributed by atoms with van der Waals surface area (Å²) in [7, 11) is 1.33. The third-order valence-electron chi connectivity index (χ3n) is 5.50. The number of aryl methyl sites for hydroxylation is 1. The van der Waals surface area contributed by atoms with Gasteiger partial charge in [-0.3, -0.25) is 0 Å². The van der Waals surface area contributed by atoms with Gasteiger partial charge in [0.05, 0.1) is 25.0 Å². The molecule has 0 saturated carbocycles. The van der Waals surface area contributed by atoms with E-state index in [0.29, 0.717) is 22.6 Å². The minimum atomic E-state index is -0.752. The van der Waals surface area contributed by atoms with Crippen LogP contribution < -0.4 is 9.64 Å². The number of nitrogens with zero attached hydrogens (tertiary/aromatic N) is 2. The van der Waals surface area contributed by atoms with Gasteiger partial charge in [-0.25, -0.2) is 18.9 Å². The SMILES string of the molecule is CCOC(=O)N(c1ccccc1F)c1c(C)noc1-c1ccc(OCc2ccc(C(=O)OC)cc2)cc1. The smallest absolute Gasteiger partial charge is 0.419 e. The number of halogens is 1. The minimum Gasteiger partial charge on any atom is -0.489 e. The average Bonchev–Trinajstić information content (AvgIpc) is 3.29. The second-order valence-electron chi connectivity index (χ2n) is 7.93. The summed E-state index contributed by atoms with van der Waals surface area (Å²) in [6.45, 7) is 3.74. The van der Waals surface area contributed by atoms with Gasteiger partial charge in [-0.2, -0.15) is 0 Å². The lowest BCUT2D eigenvalue weighted by Gasteiger charge is -2.22. The standard InChI is InChI=1S/C28H25FN2O6/c1-4-35-28(33)31(24-8-6-5-7-23(24)29)25-18(2)30-37-26(25)20-13-15-22(16-14-20)36-17-19-9-11-21(12-10-19)27(32)34-3/h5-16H,4,17H2,1-3H3. The van der Waals surface area contributed by atoms with Crippen LogP contribution in [0.5, 0.6) is 5.75 Å². The molecule has 3 aromatic carbocycles. The molecule has 0 spiro atoms. The fraction of sp³-hybridized carbons (Fsp3) is 0.179. The summed E-state index contributed by atoms with van der Waals surface area (Å²) in [6.07, 6.45) is -0.752. The van der Waals surface area contributed by atoms with Gasteiger partial charge >= 0.3 is 12.1 Å². The summed E-state index contributed by atoms with van der Waals surface area (Å²) in [5.74, 6) is -0.124. The molecule has 9 heteroatoms. The first kappa shape index (κ1) is 25.4. The predicted molar refractivity (Wildman–Crippen MR) is 134 cm³/mol. The quantitative estimate of drug-likeness (QED) is 0.255. The topological polar surface area (TPSA) is 91.1 Å². The Bertz CT molecular complexity index is 1380. The maximum atomic E-state index is 14.7. The number of para-hydroxylation sites is 1. The highest BCUT2D eigenvalue weighted by molar-refractivity contribution is 6.00. The van der Waals surface area contributed by atoms with Gasteiger partial charge in [0.25, 0.3) is 0 Å². The van der Waals surface area contributed by atoms with Crippen LogP contribution in [-0.4, -0.2) is 30.9 Å². The minimum absolute atomic E-state index is 0.0201. The molecular weight excluding hydrogens is 479 g/mol. The monoisotopic (exact) mass is 504 g/mol. The molecule has 0 bridgehead atoms. The molecule has 0 aliphatic heterocycles. The first-order chi connectivity index (χ1) is 17.9. The zero-order valence-corrected chi connectivity index (χ0v) is 20.6. The molecule has 0 N–H and O–H groups in total. The van der Waals surface area contributed by atoms with E-state index in [1.807, 2.05) is 0 Å². The number of benzene rings is 3. The summed E-state index contributed by atoms with van der Waals surface area (Å²) in [4.78, 5) is 25.6. The summed E-state index contributed by atoms with van der Waals surface area (Å²) < 4.78 is 36.0. The van der Waals surface area contributed by atoms with E-state index in [9.17, 15) is 14.0 Å². The van der Waals surface area contributed by atoms with Gasteiger partial charge in [-0.05, 0) is 67.9 Å². The van der Waals surface area contributed by atoms with Crippen LogP contribution in [0.2, 0.25) is 0 Å². The summed E-state index contributed by atoms with van der Waals surface area (Å²) in [6, 6.07) is 19.8. The predicted octanol–water partition coefficient (Wildman–Crippen LogP) is 6.45. The van der Waals surface area contributed by atoms with E-state index in [0.717, 1.165) is 10.5 Å². The van der Waals surface area contributed by atoms with Gasteiger partial charge in [0.15, 0.2) is 5.76 Å². The van der Waals surface area contributed by atoms with E-state index in [2.05, 4.69) is 5.16 Å². The molecule has 1 heterocycles. The summed E-state index contributed by atoms with van der Waals surface area (Å²) >= 11 is 0. The molecule has 8 nitrogen and oxygen atoms in total. The number of carbonyl (C=O) groups is 2. The van der Waals surface area contributed by atoms with Crippen molar-refractivity contribution < 1.29 is 32.7 Å². The lowest BCUT2D eigenvalue weighted by Crippen LogP contribution is -2.28. The molecule has 190 valence electrons. The van der Waals surface area contributed by atoms with E-state index < -0.39 is 17.9 Å². The van der Waals surface area contributed by atoms with Crippen LogP contribution in [0.15, 0.2) is 77.3 Å². The fourth-order valence-corrected chi connectivity index (χ4v) is 3.67. The van der Waals surface area contributed by atoms with Crippen LogP contribution in [0.3, 0.4) is 0 Å². The van der Waals surface area contributed by atoms with Crippen LogP contribution in [0.4, 0.5) is 20.6 Å². The Labute approximate surface area is 213 Å². The molecule has 0 fully saturated rings. The van der Waals surface area contributed by atoms with Crippen molar-refractivity contribution >= 4 is 23.4 Å². The Morgan fingerprint density at radius 1 is 1.00 bits per heavy atom. The lowest BCUT2D eigenvalue weighted by molar-refractivity contribution is 0.0600. The third-order valence-corrected chi connectivity index (χ3v) is 5.50. The average molecular weight is 505 g/mol. The van der Waals surface area contributed by atoms with Gasteiger partial charge in [0.1, 0.15) is 29.6 Å². The van der Waals surface area contributed by atoms with Crippen LogP contribution in [0.25, 0.3) is 11.3 Å². The largest absolute Gasteiger partial charge is 0.489 e. The van der Waals surface area contributed by atoms with Crippen molar-refractivity contribution in [3.8, 4) is 17.1 Å². The second kappa shape index (κ2) is 11.4. The van der Waals surface area contributed by atoms with Crippen LogP contribution in [0, 0.1) is 12.7 Å². The molecule has 0 atom stereocenters. The molecule has 1 amide bonds. The van der Waals surface area contributed by atoms with E-state index in [-0.39, 0.29) is 30.3 Å². The zero-order chi connectivity index (χ0) is 26.4. The molecule has 0 unspecified atom stereocenters. The van der Waals surface area contributed by atoms with E-state index in [1.165, 1.54) is 25.3 Å². The highest BCUT2D eigenvalue weighted by Crippen LogP contribution is 2.39. The number of hydrogen-bond donors (Lipinski definition) is 0. The maximum Gasteiger partial charge on any atom is 0.419 e. The molecule has 0 saturated heterocycles. The Balaban J connectivity index is 1.57. The van der Waals surface area contributed by atoms with E-state index in [4.69, 9.17) is 18.7 Å². The normalized spacial score (nSPS) is 10.6. The van der Waals surface area contributed by atoms with Gasteiger partial charge in [-0.15, -0.1) is 0 Å². The number of carbonyl (C=O) groups excluding carboxylic acids is 2. The Morgan fingerprint density at radius 3 is 2.35 bits per heavy atom. The number of aromatic nitrogens is 1. The Morgan fingerprint density at radius 2 is 1.70 bits per heavy atom. The molecule has 0 aliphatic carbocycles. The molecule has 1 aromatic heterocycles. The number of anilines is 2. The first-order valence-corrected chi connectivity index (χ1v) is 11.5. The number of esters is 1. The highest BCUT2D eigenvalue weighted by atomic mass is 19.1. The van der Waals surface area contributed by atoms with E-state index in [1.54, 1.807) is 68.4 Å². The first-order valence-electron chi connectivity index (χ1n) is 11.5. The molecule has 37 heavy (non-hydrogen) atoms. The van der Waals surface area contributed by atoms with Gasteiger partial charge in [0.2, 0.25) is 0 Å². The van der Waals surface area contributed by atoms with Crippen LogP contribution in [-0.2, 0) is 16.1 Å². The van der Waals surface area contributed by atoms with Crippen molar-refractivity contribution in [2.75, 3.05) is 18.6 Å². The fourth-order valence-electron chi connectivity index (χ4n) is 3.67. The van der Waals surface area contributed by atoms with Crippen molar-refractivity contribution in [3.63, 3.8) is 0 Å². The number of ether oxygens (including phenoxy) is 3. The van der Waals surface area contributed by atoms with Gasteiger partial charge < -0.3 is 18.7 Å². The molecule has 0 radical (unpaired) electrons.